The van der Waals surface area contributed by atoms with Crippen molar-refractivity contribution in [3.63, 3.8) is 0 Å². The van der Waals surface area contributed by atoms with Crippen LogP contribution in [0.15, 0.2) is 126 Å². The van der Waals surface area contributed by atoms with Gasteiger partial charge in [-0.2, -0.15) is 0 Å². The van der Waals surface area contributed by atoms with E-state index in [1.54, 1.807) is 12.4 Å². The summed E-state index contributed by atoms with van der Waals surface area (Å²) in [5, 5.41) is 0.785. The van der Waals surface area contributed by atoms with Gasteiger partial charge in [-0.25, -0.2) is 0 Å². The second-order valence-corrected chi connectivity index (χ2v) is 12.9. The number of hydrogen-bond acceptors (Lipinski definition) is 6. The first-order valence-corrected chi connectivity index (χ1v) is 16.8. The van der Waals surface area contributed by atoms with Crippen LogP contribution in [0.2, 0.25) is 5.02 Å². The Labute approximate surface area is 285 Å². The van der Waals surface area contributed by atoms with Crippen LogP contribution in [0.5, 0.6) is 0 Å². The van der Waals surface area contributed by atoms with Crippen molar-refractivity contribution in [2.45, 2.75) is 25.3 Å². The number of benzene rings is 3. The summed E-state index contributed by atoms with van der Waals surface area (Å²) in [6.07, 6.45) is 7.62. The van der Waals surface area contributed by atoms with Crippen molar-refractivity contribution in [3.8, 4) is 11.1 Å². The van der Waals surface area contributed by atoms with Crippen LogP contribution in [0.3, 0.4) is 0 Å². The third kappa shape index (κ3) is 9.10. The average Bonchev–Trinajstić information content (AvgIpc) is 3.11. The molecule has 0 bridgehead atoms. The molecule has 4 heterocycles. The van der Waals surface area contributed by atoms with Crippen molar-refractivity contribution in [1.29, 1.82) is 0 Å². The predicted molar refractivity (Wildman–Crippen MR) is 187 cm³/mol. The standard InChI is InChI=1S/C22H21ClN2O.C16H17BrN2O/c23-21-6-2-1-5-20(21)18-9-7-17(8-10-18)15-25-12-13-26-22(16-25)19-4-3-11-24-14-19;17-15-5-3-13(4-6-15)11-19-8-9-20-16(12-19)14-2-1-7-18-10-14/h1-11,14,22H,12-13,15-16H2;1-7,10,16H,8-9,11-12H2. The average molecular weight is 698 g/mol. The topological polar surface area (TPSA) is 50.7 Å². The monoisotopic (exact) mass is 696 g/mol. The number of halogens is 2. The van der Waals surface area contributed by atoms with E-state index in [0.29, 0.717) is 0 Å². The summed E-state index contributed by atoms with van der Waals surface area (Å²) in [4.78, 5) is 13.3. The fourth-order valence-corrected chi connectivity index (χ4v) is 6.33. The van der Waals surface area contributed by atoms with E-state index in [1.807, 2.05) is 42.7 Å². The third-order valence-electron chi connectivity index (χ3n) is 8.28. The molecular weight excluding hydrogens is 660 g/mol. The van der Waals surface area contributed by atoms with Gasteiger partial charge in [-0.15, -0.1) is 0 Å². The molecule has 7 rings (SSSR count). The van der Waals surface area contributed by atoms with Crippen LogP contribution in [0, 0.1) is 0 Å². The van der Waals surface area contributed by atoms with E-state index in [2.05, 4.69) is 102 Å². The summed E-state index contributed by atoms with van der Waals surface area (Å²) in [7, 11) is 0. The summed E-state index contributed by atoms with van der Waals surface area (Å²) < 4.78 is 12.9. The van der Waals surface area contributed by atoms with E-state index in [1.165, 1.54) is 11.1 Å². The first-order chi connectivity index (χ1) is 22.6. The Balaban J connectivity index is 0.000000167. The number of pyridine rings is 2. The van der Waals surface area contributed by atoms with E-state index < -0.39 is 0 Å². The zero-order valence-electron chi connectivity index (χ0n) is 25.7. The van der Waals surface area contributed by atoms with Crippen molar-refractivity contribution < 1.29 is 9.47 Å². The normalized spacial score (nSPS) is 18.8. The molecule has 3 aromatic carbocycles. The van der Waals surface area contributed by atoms with E-state index in [4.69, 9.17) is 21.1 Å². The lowest BCUT2D eigenvalue weighted by atomic mass is 10.0. The molecule has 2 aliphatic rings. The molecule has 236 valence electrons. The molecule has 2 unspecified atom stereocenters. The second-order valence-electron chi connectivity index (χ2n) is 11.6. The lowest BCUT2D eigenvalue weighted by Crippen LogP contribution is -2.37. The molecule has 6 nitrogen and oxygen atoms in total. The highest BCUT2D eigenvalue weighted by atomic mass is 79.9. The molecule has 46 heavy (non-hydrogen) atoms. The lowest BCUT2D eigenvalue weighted by molar-refractivity contribution is -0.0331. The number of aromatic nitrogens is 2. The molecule has 0 saturated carbocycles. The van der Waals surface area contributed by atoms with Crippen LogP contribution in [0.25, 0.3) is 11.1 Å². The highest BCUT2D eigenvalue weighted by Gasteiger charge is 2.23. The first-order valence-electron chi connectivity index (χ1n) is 15.7. The zero-order valence-corrected chi connectivity index (χ0v) is 28.1. The highest BCUT2D eigenvalue weighted by Crippen LogP contribution is 2.29. The van der Waals surface area contributed by atoms with Gasteiger partial charge in [-0.3, -0.25) is 19.8 Å². The van der Waals surface area contributed by atoms with Crippen LogP contribution in [0.4, 0.5) is 0 Å². The van der Waals surface area contributed by atoms with E-state index in [-0.39, 0.29) is 12.2 Å². The first kappa shape index (κ1) is 32.5. The van der Waals surface area contributed by atoms with Crippen molar-refractivity contribution in [1.82, 2.24) is 19.8 Å². The fraction of sp³-hybridized carbons (Fsp3) is 0.263. The second kappa shape index (κ2) is 16.4. The molecule has 0 spiro atoms. The minimum Gasteiger partial charge on any atom is -0.371 e. The molecule has 2 aromatic heterocycles. The molecular formula is C38H38BrClN4O2. The zero-order chi connectivity index (χ0) is 31.6. The minimum atomic E-state index is 0.0971. The Hall–Kier alpha value is -3.43. The Bertz CT molecular complexity index is 1640. The number of nitrogens with zero attached hydrogens (tertiary/aromatic N) is 4. The minimum absolute atomic E-state index is 0.0971. The van der Waals surface area contributed by atoms with Gasteiger partial charge in [-0.1, -0.05) is 94.3 Å². The molecule has 2 fully saturated rings. The van der Waals surface area contributed by atoms with Crippen molar-refractivity contribution >= 4 is 27.5 Å². The molecule has 0 aliphatic carbocycles. The summed E-state index contributed by atoms with van der Waals surface area (Å²) in [5.41, 5.74) is 7.16. The highest BCUT2D eigenvalue weighted by molar-refractivity contribution is 9.10. The SMILES string of the molecule is Brc1ccc(CN2CCOC(c3cccnc3)C2)cc1.Clc1ccccc1-c1ccc(CN2CCOC(c3cccnc3)C2)cc1. The number of hydrogen-bond donors (Lipinski definition) is 0. The lowest BCUT2D eigenvalue weighted by Gasteiger charge is -2.33. The van der Waals surface area contributed by atoms with E-state index >= 15 is 0 Å². The van der Waals surface area contributed by atoms with E-state index in [9.17, 15) is 0 Å². The number of morpholine rings is 2. The molecule has 8 heteroatoms. The van der Waals surface area contributed by atoms with E-state index in [0.717, 1.165) is 84.2 Å². The summed E-state index contributed by atoms with van der Waals surface area (Å²) in [6.45, 7) is 7.14. The van der Waals surface area contributed by atoms with Gasteiger partial charge in [0.25, 0.3) is 0 Å². The third-order valence-corrected chi connectivity index (χ3v) is 9.14. The smallest absolute Gasteiger partial charge is 0.0967 e. The molecule has 2 atom stereocenters. The molecule has 0 radical (unpaired) electrons. The molecule has 2 aliphatic heterocycles. The summed E-state index contributed by atoms with van der Waals surface area (Å²) in [5.74, 6) is 0. The van der Waals surface area contributed by atoms with Crippen molar-refractivity contribution in [2.24, 2.45) is 0 Å². The van der Waals surface area contributed by atoms with Gasteiger partial charge in [0.15, 0.2) is 0 Å². The summed E-state index contributed by atoms with van der Waals surface area (Å²) in [6, 6.07) is 33.2. The van der Waals surface area contributed by atoms with Gasteiger partial charge >= 0.3 is 0 Å². The van der Waals surface area contributed by atoms with Gasteiger partial charge < -0.3 is 9.47 Å². The van der Waals surface area contributed by atoms with Crippen molar-refractivity contribution in [3.05, 3.63) is 154 Å². The Morgan fingerprint density at radius 1 is 0.652 bits per heavy atom. The maximum absolute atomic E-state index is 6.30. The predicted octanol–water partition coefficient (Wildman–Crippen LogP) is 8.39. The molecule has 2 saturated heterocycles. The number of ether oxygens (including phenoxy) is 2. The van der Waals surface area contributed by atoms with Crippen molar-refractivity contribution in [2.75, 3.05) is 39.4 Å². The fourth-order valence-electron chi connectivity index (χ4n) is 5.82. The van der Waals surface area contributed by atoms with Gasteiger partial charge in [-0.05, 0) is 47.0 Å². The van der Waals surface area contributed by atoms with Crippen LogP contribution in [-0.2, 0) is 22.6 Å². The Morgan fingerprint density at radius 2 is 1.17 bits per heavy atom. The quantitative estimate of drug-likeness (QED) is 0.170. The van der Waals surface area contributed by atoms with Crippen LogP contribution in [0.1, 0.15) is 34.5 Å². The van der Waals surface area contributed by atoms with Gasteiger partial charge in [0, 0.05) is 90.2 Å². The molecule has 0 amide bonds. The maximum atomic E-state index is 6.30. The van der Waals surface area contributed by atoms with Crippen LogP contribution < -0.4 is 0 Å². The molecule has 0 N–H and O–H groups in total. The van der Waals surface area contributed by atoms with Crippen LogP contribution >= 0.6 is 27.5 Å². The van der Waals surface area contributed by atoms with Gasteiger partial charge in [0.1, 0.15) is 0 Å². The molecule has 5 aromatic rings. The Kier molecular flexibility index (Phi) is 11.6. The number of rotatable bonds is 7. The van der Waals surface area contributed by atoms with Gasteiger partial charge in [0.05, 0.1) is 25.4 Å². The largest absolute Gasteiger partial charge is 0.371 e. The van der Waals surface area contributed by atoms with Crippen LogP contribution in [-0.4, -0.2) is 59.2 Å². The summed E-state index contributed by atoms with van der Waals surface area (Å²) >= 11 is 9.77. The Morgan fingerprint density at radius 3 is 1.67 bits per heavy atom. The maximum Gasteiger partial charge on any atom is 0.0967 e. The van der Waals surface area contributed by atoms with Gasteiger partial charge in [0.2, 0.25) is 0 Å².